The minimum atomic E-state index is -1.05. The van der Waals surface area contributed by atoms with Crippen LogP contribution in [0.2, 0.25) is 0 Å². The molecule has 0 saturated carbocycles. The smallest absolute Gasteiger partial charge is 0.277 e. The van der Waals surface area contributed by atoms with Crippen molar-refractivity contribution in [2.24, 2.45) is 5.41 Å². The van der Waals surface area contributed by atoms with Gasteiger partial charge in [0.1, 0.15) is 5.41 Å². The Morgan fingerprint density at radius 2 is 1.53 bits per heavy atom. The number of hydrogen-bond acceptors (Lipinski definition) is 3. The van der Waals surface area contributed by atoms with E-state index < -0.39 is 23.3 Å². The molecule has 0 aliphatic carbocycles. The van der Waals surface area contributed by atoms with Gasteiger partial charge in [-0.05, 0) is 12.8 Å². The van der Waals surface area contributed by atoms with Crippen molar-refractivity contribution in [3.63, 3.8) is 0 Å². The van der Waals surface area contributed by atoms with E-state index in [0.29, 0.717) is 12.8 Å². The Kier molecular flexibility index (Phi) is 6.97. The molecule has 6 heteroatoms. The van der Waals surface area contributed by atoms with Gasteiger partial charge in [-0.1, -0.05) is 33.1 Å². The summed E-state index contributed by atoms with van der Waals surface area (Å²) in [5.41, 5.74) is -1.05. The number of urea groups is 1. The summed E-state index contributed by atoms with van der Waals surface area (Å²) in [6, 6.07) is -0.713. The number of amides is 4. The predicted molar refractivity (Wildman–Crippen MR) is 64.3 cm³/mol. The van der Waals surface area contributed by atoms with Crippen molar-refractivity contribution in [1.29, 1.82) is 0 Å². The molecule has 1 aliphatic heterocycles. The molecule has 0 aromatic heterocycles. The molecule has 1 aliphatic rings. The third-order valence-electron chi connectivity index (χ3n) is 3.13. The Morgan fingerprint density at radius 3 is 1.94 bits per heavy atom. The van der Waals surface area contributed by atoms with Gasteiger partial charge in [-0.25, -0.2) is 4.79 Å². The van der Waals surface area contributed by atoms with Crippen LogP contribution >= 0.6 is 0 Å². The van der Waals surface area contributed by atoms with E-state index in [1.807, 2.05) is 0 Å². The molecule has 0 unspecified atom stereocenters. The van der Waals surface area contributed by atoms with Crippen LogP contribution in [0.25, 0.3) is 0 Å². The summed E-state index contributed by atoms with van der Waals surface area (Å²) in [7, 11) is 0. The number of carbonyl (C=O) groups is 3. The largest absolute Gasteiger partial charge is 0.328 e. The number of barbiturate groups is 1. The summed E-state index contributed by atoms with van der Waals surface area (Å²) in [5, 5.41) is 4.34. The summed E-state index contributed by atoms with van der Waals surface area (Å²) in [5.74, 6) is -0.917. The number of nitrogens with one attached hydrogen (secondary N) is 2. The van der Waals surface area contributed by atoms with Gasteiger partial charge in [0, 0.05) is 29.6 Å². The van der Waals surface area contributed by atoms with Crippen molar-refractivity contribution in [3.8, 4) is 0 Å². The van der Waals surface area contributed by atoms with Crippen LogP contribution in [0.5, 0.6) is 0 Å². The van der Waals surface area contributed by atoms with Gasteiger partial charge in [0.2, 0.25) is 11.8 Å². The number of rotatable bonds is 5. The monoisotopic (exact) mass is 249 g/mol. The van der Waals surface area contributed by atoms with Crippen molar-refractivity contribution < 1.29 is 14.4 Å². The van der Waals surface area contributed by atoms with Crippen LogP contribution in [0, 0.1) is 5.41 Å². The Labute approximate surface area is 123 Å². The number of unbranched alkanes of at least 4 members (excludes halogenated alkanes) is 2. The predicted octanol–water partition coefficient (Wildman–Crippen LogP) is 0.948. The van der Waals surface area contributed by atoms with Crippen LogP contribution < -0.4 is 10.6 Å². The molecule has 0 spiro atoms. The van der Waals surface area contributed by atoms with Gasteiger partial charge in [-0.3, -0.25) is 20.2 Å². The van der Waals surface area contributed by atoms with Crippen molar-refractivity contribution in [1.82, 2.24) is 10.6 Å². The molecule has 0 atom stereocenters. The van der Waals surface area contributed by atoms with Crippen molar-refractivity contribution in [3.05, 3.63) is 0 Å². The fourth-order valence-electron chi connectivity index (χ4n) is 1.98. The average Bonchev–Trinajstić information content (AvgIpc) is 2.22. The second kappa shape index (κ2) is 7.13. The molecule has 17 heavy (non-hydrogen) atoms. The molecule has 0 aromatic carbocycles. The zero-order valence-electron chi connectivity index (χ0n) is 10.8. The van der Waals surface area contributed by atoms with E-state index in [4.69, 9.17) is 0 Å². The van der Waals surface area contributed by atoms with Gasteiger partial charge in [-0.15, -0.1) is 0 Å². The zero-order chi connectivity index (χ0) is 12.2. The quantitative estimate of drug-likeness (QED) is 0.432. The maximum atomic E-state index is 11.8. The van der Waals surface area contributed by atoms with E-state index in [1.165, 1.54) is 0 Å². The number of hydrogen-bond donors (Lipinski definition) is 2. The van der Waals surface area contributed by atoms with E-state index >= 15 is 0 Å². The Morgan fingerprint density at radius 1 is 1.00 bits per heavy atom. The SMILES string of the molecule is CCCCCC1(CC)C(=O)NC(=O)NC1=O.[Na]. The van der Waals surface area contributed by atoms with Gasteiger partial charge in [0.25, 0.3) is 0 Å². The minimum absolute atomic E-state index is 0. The van der Waals surface area contributed by atoms with Gasteiger partial charge >= 0.3 is 6.03 Å². The van der Waals surface area contributed by atoms with E-state index in [2.05, 4.69) is 17.6 Å². The molecule has 5 nitrogen and oxygen atoms in total. The summed E-state index contributed by atoms with van der Waals surface area (Å²) in [4.78, 5) is 34.5. The van der Waals surface area contributed by atoms with Crippen LogP contribution in [0.1, 0.15) is 46.0 Å². The molecule has 1 radical (unpaired) electrons. The Balaban J connectivity index is 0.00000256. The zero-order valence-corrected chi connectivity index (χ0v) is 12.8. The molecule has 91 valence electrons. The summed E-state index contributed by atoms with van der Waals surface area (Å²) in [6.45, 7) is 3.85. The van der Waals surface area contributed by atoms with E-state index in [1.54, 1.807) is 6.92 Å². The Hall–Kier alpha value is -0.390. The van der Waals surface area contributed by atoms with Gasteiger partial charge < -0.3 is 0 Å². The fourth-order valence-corrected chi connectivity index (χ4v) is 1.98. The topological polar surface area (TPSA) is 75.3 Å². The number of carbonyl (C=O) groups excluding carboxylic acids is 3. The molecule has 1 saturated heterocycles. The maximum Gasteiger partial charge on any atom is 0.328 e. The average molecular weight is 249 g/mol. The molecule has 1 rings (SSSR count). The first kappa shape index (κ1) is 16.6. The summed E-state index contributed by atoms with van der Waals surface area (Å²) < 4.78 is 0. The second-order valence-corrected chi connectivity index (χ2v) is 4.13. The van der Waals surface area contributed by atoms with E-state index in [0.717, 1.165) is 19.3 Å². The van der Waals surface area contributed by atoms with Gasteiger partial charge in [0.05, 0.1) is 0 Å². The van der Waals surface area contributed by atoms with Crippen LogP contribution in [0.3, 0.4) is 0 Å². The minimum Gasteiger partial charge on any atom is -0.277 e. The van der Waals surface area contributed by atoms with Crippen LogP contribution in [0.15, 0.2) is 0 Å². The van der Waals surface area contributed by atoms with Gasteiger partial charge in [0.15, 0.2) is 0 Å². The first-order valence-corrected chi connectivity index (χ1v) is 5.73. The van der Waals surface area contributed by atoms with Crippen molar-refractivity contribution in [2.45, 2.75) is 46.0 Å². The third-order valence-corrected chi connectivity index (χ3v) is 3.13. The van der Waals surface area contributed by atoms with Crippen molar-refractivity contribution in [2.75, 3.05) is 0 Å². The molecule has 0 bridgehead atoms. The Bertz CT molecular complexity index is 298. The normalized spacial score (nSPS) is 18.1. The fraction of sp³-hybridized carbons (Fsp3) is 0.727. The second-order valence-electron chi connectivity index (χ2n) is 4.13. The van der Waals surface area contributed by atoms with E-state index in [9.17, 15) is 14.4 Å². The molecule has 2 N–H and O–H groups in total. The molecule has 1 heterocycles. The summed E-state index contributed by atoms with van der Waals surface area (Å²) >= 11 is 0. The van der Waals surface area contributed by atoms with E-state index in [-0.39, 0.29) is 29.6 Å². The van der Waals surface area contributed by atoms with Crippen LogP contribution in [-0.4, -0.2) is 47.4 Å². The van der Waals surface area contributed by atoms with Crippen molar-refractivity contribution >= 4 is 47.4 Å². The molecular weight excluding hydrogens is 231 g/mol. The molecule has 0 aromatic rings. The third kappa shape index (κ3) is 3.53. The first-order chi connectivity index (χ1) is 7.56. The standard InChI is InChI=1S/C11H18N2O3.Na/c1-3-5-6-7-11(4-2)8(14)12-10(16)13-9(11)15;/h3-7H2,1-2H3,(H2,12,13,14,15,16);. The van der Waals surface area contributed by atoms with Crippen LogP contribution in [0.4, 0.5) is 4.79 Å². The first-order valence-electron chi connectivity index (χ1n) is 5.73. The van der Waals surface area contributed by atoms with Crippen LogP contribution in [-0.2, 0) is 9.59 Å². The molecule has 1 fully saturated rings. The number of imide groups is 2. The molecule has 4 amide bonds. The maximum absolute atomic E-state index is 11.8. The van der Waals surface area contributed by atoms with Gasteiger partial charge in [-0.2, -0.15) is 0 Å². The summed E-state index contributed by atoms with van der Waals surface area (Å²) in [6.07, 6.45) is 3.75. The molecular formula is C11H18N2NaO3.